The topological polar surface area (TPSA) is 0 Å². The average Bonchev–Trinajstić information content (AvgIpc) is 2.57. The van der Waals surface area contributed by atoms with Crippen LogP contribution in [-0.4, -0.2) is 8.80 Å². The second-order valence-corrected chi connectivity index (χ2v) is 7.27. The molecule has 0 radical (unpaired) electrons. The van der Waals surface area contributed by atoms with E-state index in [1.54, 1.807) is 0 Å². The SMILES string of the molecule is CCCC(C)(CC)[SiH]1C=CC=C1. The van der Waals surface area contributed by atoms with Crippen LogP contribution in [0.1, 0.15) is 40.0 Å². The zero-order valence-electron chi connectivity index (χ0n) is 8.51. The minimum Gasteiger partial charge on any atom is -0.0930 e. The van der Waals surface area contributed by atoms with E-state index in [0.717, 1.165) is 0 Å². The lowest BCUT2D eigenvalue weighted by atomic mass is 10.0. The maximum absolute atomic E-state index is 2.47. The van der Waals surface area contributed by atoms with Crippen LogP contribution in [0.15, 0.2) is 23.6 Å². The first-order chi connectivity index (χ1) is 5.73. The fourth-order valence-corrected chi connectivity index (χ4v) is 4.93. The van der Waals surface area contributed by atoms with Gasteiger partial charge < -0.3 is 0 Å². The molecule has 1 atom stereocenters. The molecule has 0 saturated carbocycles. The Morgan fingerprint density at radius 1 is 1.17 bits per heavy atom. The Hall–Kier alpha value is -0.303. The molecule has 0 aromatic heterocycles. The highest BCUT2D eigenvalue weighted by molar-refractivity contribution is 6.73. The van der Waals surface area contributed by atoms with Gasteiger partial charge in [0.25, 0.3) is 0 Å². The summed E-state index contributed by atoms with van der Waals surface area (Å²) in [7, 11) is -0.690. The second-order valence-electron chi connectivity index (χ2n) is 4.05. The van der Waals surface area contributed by atoms with E-state index in [1.807, 2.05) is 0 Å². The minimum atomic E-state index is -0.690. The lowest BCUT2D eigenvalue weighted by molar-refractivity contribution is 0.524. The number of hydrogen-bond acceptors (Lipinski definition) is 0. The molecule has 68 valence electrons. The maximum Gasteiger partial charge on any atom is 0.0910 e. The first kappa shape index (κ1) is 9.78. The molecule has 0 aromatic rings. The van der Waals surface area contributed by atoms with E-state index >= 15 is 0 Å². The van der Waals surface area contributed by atoms with Crippen molar-refractivity contribution in [1.82, 2.24) is 0 Å². The largest absolute Gasteiger partial charge is 0.0930 e. The molecule has 0 spiro atoms. The van der Waals surface area contributed by atoms with Crippen LogP contribution in [-0.2, 0) is 0 Å². The van der Waals surface area contributed by atoms with Crippen LogP contribution in [0.3, 0.4) is 0 Å². The molecular weight excluding hydrogens is 160 g/mol. The Balaban J connectivity index is 2.65. The van der Waals surface area contributed by atoms with Gasteiger partial charge in [-0.05, 0) is 5.04 Å². The minimum absolute atomic E-state index is 0.637. The van der Waals surface area contributed by atoms with Crippen molar-refractivity contribution in [3.63, 3.8) is 0 Å². The Morgan fingerprint density at radius 3 is 2.17 bits per heavy atom. The van der Waals surface area contributed by atoms with Gasteiger partial charge in [0.1, 0.15) is 0 Å². The highest BCUT2D eigenvalue weighted by Crippen LogP contribution is 2.40. The Labute approximate surface area is 78.0 Å². The first-order valence-corrected chi connectivity index (χ1v) is 6.99. The van der Waals surface area contributed by atoms with E-state index in [2.05, 4.69) is 44.3 Å². The van der Waals surface area contributed by atoms with E-state index in [4.69, 9.17) is 0 Å². The molecule has 0 saturated heterocycles. The van der Waals surface area contributed by atoms with Crippen LogP contribution in [0.4, 0.5) is 0 Å². The molecule has 0 aromatic carbocycles. The Morgan fingerprint density at radius 2 is 1.75 bits per heavy atom. The summed E-state index contributed by atoms with van der Waals surface area (Å²) in [6.45, 7) is 7.10. The quantitative estimate of drug-likeness (QED) is 0.582. The maximum atomic E-state index is 2.47. The summed E-state index contributed by atoms with van der Waals surface area (Å²) in [5, 5.41) is 0.637. The summed E-state index contributed by atoms with van der Waals surface area (Å²) in [6, 6.07) is 0. The van der Waals surface area contributed by atoms with Crippen molar-refractivity contribution in [2.24, 2.45) is 0 Å². The number of rotatable bonds is 4. The number of allylic oxidation sites excluding steroid dienone is 2. The van der Waals surface area contributed by atoms with Crippen molar-refractivity contribution in [3.8, 4) is 0 Å². The van der Waals surface area contributed by atoms with Gasteiger partial charge in [-0.1, -0.05) is 63.6 Å². The van der Waals surface area contributed by atoms with Crippen LogP contribution in [0, 0.1) is 0 Å². The van der Waals surface area contributed by atoms with Gasteiger partial charge in [-0.3, -0.25) is 0 Å². The van der Waals surface area contributed by atoms with Crippen LogP contribution < -0.4 is 0 Å². The molecule has 1 aliphatic heterocycles. The van der Waals surface area contributed by atoms with Gasteiger partial charge in [0.15, 0.2) is 0 Å². The van der Waals surface area contributed by atoms with Gasteiger partial charge in [-0.15, -0.1) is 0 Å². The third-order valence-corrected chi connectivity index (χ3v) is 6.76. The molecule has 0 amide bonds. The van der Waals surface area contributed by atoms with Crippen molar-refractivity contribution in [1.29, 1.82) is 0 Å². The van der Waals surface area contributed by atoms with Crippen LogP contribution >= 0.6 is 0 Å². The Bertz CT molecular complexity index is 181. The lowest BCUT2D eigenvalue weighted by Crippen LogP contribution is -2.25. The monoisotopic (exact) mass is 180 g/mol. The Kier molecular flexibility index (Phi) is 3.33. The predicted octanol–water partition coefficient (Wildman–Crippen LogP) is 3.39. The van der Waals surface area contributed by atoms with Crippen LogP contribution in [0.2, 0.25) is 5.04 Å². The van der Waals surface area contributed by atoms with Crippen molar-refractivity contribution in [2.75, 3.05) is 0 Å². The molecular formula is C11H20Si. The first-order valence-electron chi connectivity index (χ1n) is 5.08. The molecule has 12 heavy (non-hydrogen) atoms. The molecule has 1 aliphatic rings. The summed E-state index contributed by atoms with van der Waals surface area (Å²) >= 11 is 0. The van der Waals surface area contributed by atoms with E-state index in [1.165, 1.54) is 19.3 Å². The average molecular weight is 180 g/mol. The molecule has 0 bridgehead atoms. The third-order valence-electron chi connectivity index (χ3n) is 3.18. The van der Waals surface area contributed by atoms with Gasteiger partial charge in [-0.25, -0.2) is 0 Å². The third kappa shape index (κ3) is 1.89. The van der Waals surface area contributed by atoms with E-state index in [0.29, 0.717) is 5.04 Å². The normalized spacial score (nSPS) is 21.6. The zero-order valence-corrected chi connectivity index (χ0v) is 9.66. The summed E-state index contributed by atoms with van der Waals surface area (Å²) in [6.07, 6.45) is 8.54. The fourth-order valence-electron chi connectivity index (χ4n) is 2.05. The van der Waals surface area contributed by atoms with Crippen LogP contribution in [0.5, 0.6) is 0 Å². The number of hydrogen-bond donors (Lipinski definition) is 0. The molecule has 1 heteroatoms. The molecule has 1 unspecified atom stereocenters. The van der Waals surface area contributed by atoms with Crippen molar-refractivity contribution in [3.05, 3.63) is 23.6 Å². The second kappa shape index (κ2) is 4.08. The molecule has 0 fully saturated rings. The molecule has 0 nitrogen and oxygen atoms in total. The summed E-state index contributed by atoms with van der Waals surface area (Å²) in [4.78, 5) is 0. The predicted molar refractivity (Wildman–Crippen MR) is 59.0 cm³/mol. The fraction of sp³-hybridized carbons (Fsp3) is 0.636. The highest BCUT2D eigenvalue weighted by Gasteiger charge is 2.30. The van der Waals surface area contributed by atoms with E-state index in [9.17, 15) is 0 Å². The van der Waals surface area contributed by atoms with Gasteiger partial charge >= 0.3 is 0 Å². The summed E-state index contributed by atoms with van der Waals surface area (Å²) in [5.74, 6) is 0. The smallest absolute Gasteiger partial charge is 0.0910 e. The van der Waals surface area contributed by atoms with Crippen molar-refractivity contribution < 1.29 is 0 Å². The lowest BCUT2D eigenvalue weighted by Gasteiger charge is -2.31. The van der Waals surface area contributed by atoms with Gasteiger partial charge in [0.05, 0.1) is 8.80 Å². The molecule has 1 rings (SSSR count). The molecule has 0 N–H and O–H groups in total. The van der Waals surface area contributed by atoms with Crippen LogP contribution in [0.25, 0.3) is 0 Å². The highest BCUT2D eigenvalue weighted by atomic mass is 28.3. The van der Waals surface area contributed by atoms with Gasteiger partial charge in [0.2, 0.25) is 0 Å². The van der Waals surface area contributed by atoms with Crippen molar-refractivity contribution in [2.45, 2.75) is 45.1 Å². The molecule has 0 aliphatic carbocycles. The van der Waals surface area contributed by atoms with Crippen molar-refractivity contribution >= 4 is 8.80 Å². The van der Waals surface area contributed by atoms with E-state index < -0.39 is 8.80 Å². The zero-order chi connectivity index (χ0) is 9.03. The van der Waals surface area contributed by atoms with E-state index in [-0.39, 0.29) is 0 Å². The molecule has 1 heterocycles. The van der Waals surface area contributed by atoms with Gasteiger partial charge in [-0.2, -0.15) is 0 Å². The summed E-state index contributed by atoms with van der Waals surface area (Å²) < 4.78 is 0. The van der Waals surface area contributed by atoms with Gasteiger partial charge in [0, 0.05) is 0 Å². The summed E-state index contributed by atoms with van der Waals surface area (Å²) in [5.41, 5.74) is 4.94. The standard InChI is InChI=1S/C11H20Si/c1-4-8-11(3,5-2)12-9-6-7-10-12/h6-7,9-10,12H,4-5,8H2,1-3H3.